The van der Waals surface area contributed by atoms with E-state index in [9.17, 15) is 19.2 Å². The van der Waals surface area contributed by atoms with Gasteiger partial charge in [-0.3, -0.25) is 24.1 Å². The molecule has 0 saturated heterocycles. The molecule has 0 aromatic heterocycles. The highest BCUT2D eigenvalue weighted by Gasteiger charge is 2.42. The Balaban J connectivity index is 1.82. The van der Waals surface area contributed by atoms with Gasteiger partial charge in [0.05, 0.1) is 11.1 Å². The fourth-order valence-electron chi connectivity index (χ4n) is 3.33. The Morgan fingerprint density at radius 2 is 1.34 bits per heavy atom. The molecule has 0 spiro atoms. The van der Waals surface area contributed by atoms with E-state index in [1.165, 1.54) is 6.92 Å². The van der Waals surface area contributed by atoms with E-state index >= 15 is 0 Å². The summed E-state index contributed by atoms with van der Waals surface area (Å²) in [5.41, 5.74) is 1.75. The van der Waals surface area contributed by atoms with Crippen molar-refractivity contribution in [1.29, 1.82) is 0 Å². The molecule has 29 heavy (non-hydrogen) atoms. The molecule has 2 N–H and O–H groups in total. The maximum atomic E-state index is 13.0. The van der Waals surface area contributed by atoms with Crippen molar-refractivity contribution in [1.82, 2.24) is 4.90 Å². The van der Waals surface area contributed by atoms with Gasteiger partial charge in [0.15, 0.2) is 0 Å². The van der Waals surface area contributed by atoms with Crippen LogP contribution in [0.4, 0.5) is 11.4 Å². The van der Waals surface area contributed by atoms with Crippen LogP contribution in [0.1, 0.15) is 47.9 Å². The summed E-state index contributed by atoms with van der Waals surface area (Å²) >= 11 is 0. The quantitative estimate of drug-likeness (QED) is 0.736. The van der Waals surface area contributed by atoms with Crippen molar-refractivity contribution < 1.29 is 19.2 Å². The molecule has 4 amide bonds. The Morgan fingerprint density at radius 1 is 0.862 bits per heavy atom. The summed E-state index contributed by atoms with van der Waals surface area (Å²) in [6.07, 6.45) is 0.348. The van der Waals surface area contributed by atoms with Crippen LogP contribution in [-0.4, -0.2) is 34.6 Å². The van der Waals surface area contributed by atoms with Gasteiger partial charge in [-0.05, 0) is 48.7 Å². The zero-order valence-electron chi connectivity index (χ0n) is 16.6. The molecular formula is C22H23N3O4. The largest absolute Gasteiger partial charge is 0.326 e. The van der Waals surface area contributed by atoms with E-state index in [1.54, 1.807) is 48.5 Å². The number of anilines is 2. The zero-order valence-corrected chi connectivity index (χ0v) is 16.6. The number of benzene rings is 2. The molecule has 0 fully saturated rings. The van der Waals surface area contributed by atoms with Gasteiger partial charge in [0.1, 0.15) is 6.04 Å². The zero-order chi connectivity index (χ0) is 21.1. The number of rotatable bonds is 6. The third-order valence-electron chi connectivity index (χ3n) is 4.61. The number of imide groups is 1. The van der Waals surface area contributed by atoms with Gasteiger partial charge in [0, 0.05) is 18.3 Å². The topological polar surface area (TPSA) is 95.6 Å². The summed E-state index contributed by atoms with van der Waals surface area (Å²) in [6, 6.07) is 12.3. The average Bonchev–Trinajstić information content (AvgIpc) is 2.92. The van der Waals surface area contributed by atoms with Crippen molar-refractivity contribution in [2.24, 2.45) is 5.92 Å². The number of hydrogen-bond acceptors (Lipinski definition) is 4. The third-order valence-corrected chi connectivity index (χ3v) is 4.61. The predicted molar refractivity (Wildman–Crippen MR) is 110 cm³/mol. The number of hydrogen-bond donors (Lipinski definition) is 2. The molecule has 2 aromatic rings. The SMILES string of the molecule is CC(=O)Nc1ccc(NC(=O)[C@H](CC(C)C)N2C(=O)c3ccccc3C2=O)cc1. The van der Waals surface area contributed by atoms with Gasteiger partial charge in [-0.15, -0.1) is 0 Å². The van der Waals surface area contributed by atoms with Crippen molar-refractivity contribution in [3.63, 3.8) is 0 Å². The molecule has 7 heteroatoms. The Morgan fingerprint density at radius 3 is 1.79 bits per heavy atom. The number of nitrogens with one attached hydrogen (secondary N) is 2. The first-order chi connectivity index (χ1) is 13.8. The lowest BCUT2D eigenvalue weighted by Gasteiger charge is -2.26. The van der Waals surface area contributed by atoms with Crippen LogP contribution in [0.25, 0.3) is 0 Å². The number of carbonyl (C=O) groups excluding carboxylic acids is 4. The number of nitrogens with zero attached hydrogens (tertiary/aromatic N) is 1. The number of amides is 4. The summed E-state index contributed by atoms with van der Waals surface area (Å²) in [6.45, 7) is 5.27. The molecule has 1 heterocycles. The lowest BCUT2D eigenvalue weighted by atomic mass is 10.0. The predicted octanol–water partition coefficient (Wildman–Crippen LogP) is 3.29. The minimum absolute atomic E-state index is 0.0946. The molecule has 0 unspecified atom stereocenters. The third kappa shape index (κ3) is 4.34. The molecule has 0 saturated carbocycles. The molecule has 7 nitrogen and oxygen atoms in total. The van der Waals surface area contributed by atoms with Crippen LogP contribution < -0.4 is 10.6 Å². The highest BCUT2D eigenvalue weighted by Crippen LogP contribution is 2.27. The highest BCUT2D eigenvalue weighted by molar-refractivity contribution is 6.23. The van der Waals surface area contributed by atoms with E-state index < -0.39 is 23.8 Å². The maximum Gasteiger partial charge on any atom is 0.262 e. The standard InChI is InChI=1S/C22H23N3O4/c1-13(2)12-19(25-21(28)17-6-4-5-7-18(17)22(25)29)20(27)24-16-10-8-15(9-11-16)23-14(3)26/h4-11,13,19H,12H2,1-3H3,(H,23,26)(H,24,27)/t19-/m0/s1. The van der Waals surface area contributed by atoms with Crippen molar-refractivity contribution in [2.45, 2.75) is 33.2 Å². The van der Waals surface area contributed by atoms with Gasteiger partial charge in [0.2, 0.25) is 11.8 Å². The minimum atomic E-state index is -0.919. The molecule has 1 aliphatic heterocycles. The monoisotopic (exact) mass is 393 g/mol. The molecule has 1 atom stereocenters. The summed E-state index contributed by atoms with van der Waals surface area (Å²) in [5.74, 6) is -1.43. The summed E-state index contributed by atoms with van der Waals surface area (Å²) < 4.78 is 0. The van der Waals surface area contributed by atoms with Gasteiger partial charge in [-0.25, -0.2) is 0 Å². The van der Waals surface area contributed by atoms with Gasteiger partial charge in [-0.2, -0.15) is 0 Å². The van der Waals surface area contributed by atoms with Crippen LogP contribution in [-0.2, 0) is 9.59 Å². The van der Waals surface area contributed by atoms with Gasteiger partial charge < -0.3 is 10.6 Å². The fraction of sp³-hybridized carbons (Fsp3) is 0.273. The fourth-order valence-corrected chi connectivity index (χ4v) is 3.33. The number of carbonyl (C=O) groups is 4. The average molecular weight is 393 g/mol. The second-order valence-corrected chi connectivity index (χ2v) is 7.42. The lowest BCUT2D eigenvalue weighted by Crippen LogP contribution is -2.47. The Labute approximate surface area is 169 Å². The van der Waals surface area contributed by atoms with Crippen LogP contribution in [0.3, 0.4) is 0 Å². The van der Waals surface area contributed by atoms with Crippen molar-refractivity contribution in [2.75, 3.05) is 10.6 Å². The Kier molecular flexibility index (Phi) is 5.77. The normalized spacial score (nSPS) is 14.0. The van der Waals surface area contributed by atoms with Crippen LogP contribution in [0.5, 0.6) is 0 Å². The van der Waals surface area contributed by atoms with Crippen molar-refractivity contribution >= 4 is 35.0 Å². The Hall–Kier alpha value is -3.48. The Bertz CT molecular complexity index is 931. The summed E-state index contributed by atoms with van der Waals surface area (Å²) in [5, 5.41) is 5.43. The van der Waals surface area contributed by atoms with Crippen LogP contribution in [0.15, 0.2) is 48.5 Å². The van der Waals surface area contributed by atoms with Crippen molar-refractivity contribution in [3.05, 3.63) is 59.7 Å². The van der Waals surface area contributed by atoms with E-state index in [1.807, 2.05) is 13.8 Å². The lowest BCUT2D eigenvalue weighted by molar-refractivity contribution is -0.120. The van der Waals surface area contributed by atoms with Crippen LogP contribution in [0.2, 0.25) is 0 Å². The highest BCUT2D eigenvalue weighted by atomic mass is 16.2. The summed E-state index contributed by atoms with van der Waals surface area (Å²) in [7, 11) is 0. The number of fused-ring (bicyclic) bond motifs is 1. The molecule has 150 valence electrons. The molecule has 2 aromatic carbocycles. The second-order valence-electron chi connectivity index (χ2n) is 7.42. The van der Waals surface area contributed by atoms with Gasteiger partial charge in [-0.1, -0.05) is 26.0 Å². The minimum Gasteiger partial charge on any atom is -0.326 e. The van der Waals surface area contributed by atoms with Gasteiger partial charge in [0.25, 0.3) is 11.8 Å². The molecule has 3 rings (SSSR count). The first kappa shape index (κ1) is 20.3. The van der Waals surface area contributed by atoms with E-state index in [0.717, 1.165) is 4.90 Å². The maximum absolute atomic E-state index is 13.0. The smallest absolute Gasteiger partial charge is 0.262 e. The van der Waals surface area contributed by atoms with E-state index in [2.05, 4.69) is 10.6 Å². The molecule has 0 bridgehead atoms. The van der Waals surface area contributed by atoms with E-state index in [-0.39, 0.29) is 11.8 Å². The summed E-state index contributed by atoms with van der Waals surface area (Å²) in [4.78, 5) is 50.8. The first-order valence-electron chi connectivity index (χ1n) is 9.43. The van der Waals surface area contributed by atoms with Crippen molar-refractivity contribution in [3.8, 4) is 0 Å². The molecule has 0 radical (unpaired) electrons. The molecule has 1 aliphatic rings. The van der Waals surface area contributed by atoms with E-state index in [4.69, 9.17) is 0 Å². The van der Waals surface area contributed by atoms with Crippen LogP contribution >= 0.6 is 0 Å². The second kappa shape index (κ2) is 8.26. The van der Waals surface area contributed by atoms with Crippen LogP contribution in [0, 0.1) is 5.92 Å². The molecule has 0 aliphatic carbocycles. The first-order valence-corrected chi connectivity index (χ1v) is 9.43. The van der Waals surface area contributed by atoms with Gasteiger partial charge >= 0.3 is 0 Å². The molecular weight excluding hydrogens is 370 g/mol. The van der Waals surface area contributed by atoms with E-state index in [0.29, 0.717) is 28.9 Å².